The highest BCUT2D eigenvalue weighted by atomic mass is 79.9. The number of hydrazone groups is 1. The molecule has 0 saturated heterocycles. The van der Waals surface area contributed by atoms with Crippen LogP contribution in [0, 0.1) is 0 Å². The summed E-state index contributed by atoms with van der Waals surface area (Å²) in [6.07, 6.45) is 4.23. The number of benzene rings is 2. The Morgan fingerprint density at radius 2 is 1.81 bits per heavy atom. The zero-order chi connectivity index (χ0) is 19.2. The number of hydrogen-bond acceptors (Lipinski definition) is 3. The fourth-order valence-electron chi connectivity index (χ4n) is 2.85. The molecule has 5 nitrogen and oxygen atoms in total. The van der Waals surface area contributed by atoms with Crippen LogP contribution in [-0.4, -0.2) is 33.7 Å². The average Bonchev–Trinajstić information content (AvgIpc) is 3.10. The summed E-state index contributed by atoms with van der Waals surface area (Å²) in [7, 11) is 0. The van der Waals surface area contributed by atoms with Gasteiger partial charge in [0.2, 0.25) is 5.91 Å². The van der Waals surface area contributed by atoms with Gasteiger partial charge in [-0.25, -0.2) is 5.01 Å². The predicted octanol–water partition coefficient (Wildman–Crippen LogP) is 4.33. The van der Waals surface area contributed by atoms with Crippen molar-refractivity contribution in [1.82, 2.24) is 5.01 Å². The van der Waals surface area contributed by atoms with Crippen LogP contribution in [0.3, 0.4) is 0 Å². The fraction of sp³-hybridized carbons (Fsp3) is 0.190. The number of amides is 1. The SMILES string of the molecule is O=C(O)CCC(=O)N1N=C(c2ccc(Br)cc2)C[C@H]1/C=C/c1ccccc1. The van der Waals surface area contributed by atoms with Crippen LogP contribution in [0.25, 0.3) is 6.08 Å². The van der Waals surface area contributed by atoms with Gasteiger partial charge in [-0.3, -0.25) is 9.59 Å². The Hall–Kier alpha value is -2.73. The maximum absolute atomic E-state index is 12.5. The Morgan fingerprint density at radius 3 is 2.48 bits per heavy atom. The van der Waals surface area contributed by atoms with Gasteiger partial charge in [-0.1, -0.05) is 70.5 Å². The molecule has 1 amide bonds. The van der Waals surface area contributed by atoms with E-state index in [1.165, 1.54) is 5.01 Å². The van der Waals surface area contributed by atoms with Crippen LogP contribution in [0.2, 0.25) is 0 Å². The van der Waals surface area contributed by atoms with E-state index in [1.54, 1.807) is 0 Å². The molecule has 138 valence electrons. The standard InChI is InChI=1S/C21H19BrN2O3/c22-17-9-7-16(8-10-17)19-14-18(11-6-15-4-2-1-3-5-15)24(23-19)20(25)12-13-21(26)27/h1-11,18H,12-14H2,(H,26,27)/b11-6+/t18-/m1/s1. The highest BCUT2D eigenvalue weighted by Crippen LogP contribution is 2.24. The summed E-state index contributed by atoms with van der Waals surface area (Å²) >= 11 is 3.41. The minimum atomic E-state index is -0.990. The van der Waals surface area contributed by atoms with E-state index in [1.807, 2.05) is 66.7 Å². The second kappa shape index (κ2) is 8.77. The molecular formula is C21H19BrN2O3. The van der Waals surface area contributed by atoms with Crippen molar-refractivity contribution in [2.24, 2.45) is 5.10 Å². The van der Waals surface area contributed by atoms with E-state index in [0.717, 1.165) is 21.3 Å². The van der Waals surface area contributed by atoms with Gasteiger partial charge in [0.25, 0.3) is 0 Å². The Labute approximate surface area is 166 Å². The van der Waals surface area contributed by atoms with E-state index < -0.39 is 5.97 Å². The number of carbonyl (C=O) groups is 2. The molecule has 27 heavy (non-hydrogen) atoms. The number of carboxylic acids is 1. The van der Waals surface area contributed by atoms with Gasteiger partial charge in [0, 0.05) is 17.3 Å². The van der Waals surface area contributed by atoms with Gasteiger partial charge in [0.1, 0.15) is 0 Å². The van der Waals surface area contributed by atoms with Crippen LogP contribution in [-0.2, 0) is 9.59 Å². The van der Waals surface area contributed by atoms with Crippen molar-refractivity contribution < 1.29 is 14.7 Å². The second-order valence-electron chi connectivity index (χ2n) is 6.23. The highest BCUT2D eigenvalue weighted by Gasteiger charge is 2.30. The first-order valence-electron chi connectivity index (χ1n) is 8.63. The summed E-state index contributed by atoms with van der Waals surface area (Å²) in [6.45, 7) is 0. The molecule has 0 unspecified atom stereocenters. The number of aliphatic carboxylic acids is 1. The van der Waals surface area contributed by atoms with Crippen LogP contribution < -0.4 is 0 Å². The topological polar surface area (TPSA) is 70.0 Å². The largest absolute Gasteiger partial charge is 0.481 e. The van der Waals surface area contributed by atoms with E-state index in [4.69, 9.17) is 5.11 Å². The third-order valence-electron chi connectivity index (χ3n) is 4.24. The van der Waals surface area contributed by atoms with Gasteiger partial charge in [-0.2, -0.15) is 5.10 Å². The van der Waals surface area contributed by atoms with Crippen LogP contribution in [0.15, 0.2) is 70.2 Å². The van der Waals surface area contributed by atoms with Gasteiger partial charge in [-0.05, 0) is 23.3 Å². The number of halogens is 1. The lowest BCUT2D eigenvalue weighted by Crippen LogP contribution is -2.31. The van der Waals surface area contributed by atoms with Crippen LogP contribution in [0.5, 0.6) is 0 Å². The Morgan fingerprint density at radius 1 is 1.11 bits per heavy atom. The van der Waals surface area contributed by atoms with Crippen molar-refractivity contribution >= 4 is 39.6 Å². The minimum Gasteiger partial charge on any atom is -0.481 e. The Bertz CT molecular complexity index is 876. The summed E-state index contributed by atoms with van der Waals surface area (Å²) in [5, 5.41) is 14.8. The summed E-state index contributed by atoms with van der Waals surface area (Å²) in [5.41, 5.74) is 2.80. The summed E-state index contributed by atoms with van der Waals surface area (Å²) in [4.78, 5) is 23.3. The van der Waals surface area contributed by atoms with Crippen LogP contribution in [0.4, 0.5) is 0 Å². The van der Waals surface area contributed by atoms with Crippen molar-refractivity contribution in [2.45, 2.75) is 25.3 Å². The third-order valence-corrected chi connectivity index (χ3v) is 4.77. The predicted molar refractivity (Wildman–Crippen MR) is 108 cm³/mol. The Kier molecular flexibility index (Phi) is 6.19. The molecule has 1 aliphatic heterocycles. The van der Waals surface area contributed by atoms with E-state index in [9.17, 15) is 9.59 Å². The molecule has 6 heteroatoms. The van der Waals surface area contributed by atoms with Crippen molar-refractivity contribution in [3.63, 3.8) is 0 Å². The maximum atomic E-state index is 12.5. The molecule has 1 N–H and O–H groups in total. The lowest BCUT2D eigenvalue weighted by atomic mass is 10.0. The lowest BCUT2D eigenvalue weighted by molar-refractivity contribution is -0.141. The second-order valence-corrected chi connectivity index (χ2v) is 7.14. The lowest BCUT2D eigenvalue weighted by Gasteiger charge is -2.18. The molecule has 0 aromatic heterocycles. The molecule has 0 aliphatic carbocycles. The molecule has 0 saturated carbocycles. The van der Waals surface area contributed by atoms with Gasteiger partial charge >= 0.3 is 5.97 Å². The van der Waals surface area contributed by atoms with Crippen molar-refractivity contribution in [2.75, 3.05) is 0 Å². The van der Waals surface area contributed by atoms with Crippen molar-refractivity contribution in [1.29, 1.82) is 0 Å². The first-order valence-corrected chi connectivity index (χ1v) is 9.43. The fourth-order valence-corrected chi connectivity index (χ4v) is 3.12. The van der Waals surface area contributed by atoms with Crippen LogP contribution >= 0.6 is 15.9 Å². The third kappa shape index (κ3) is 5.14. The quantitative estimate of drug-likeness (QED) is 0.746. The molecule has 2 aromatic rings. The molecule has 0 fully saturated rings. The van der Waals surface area contributed by atoms with E-state index in [-0.39, 0.29) is 24.8 Å². The smallest absolute Gasteiger partial charge is 0.303 e. The molecule has 1 aliphatic rings. The van der Waals surface area contributed by atoms with Gasteiger partial charge in [0.05, 0.1) is 18.2 Å². The van der Waals surface area contributed by atoms with E-state index in [0.29, 0.717) is 6.42 Å². The number of carbonyl (C=O) groups excluding carboxylic acids is 1. The normalized spacial score (nSPS) is 16.6. The minimum absolute atomic E-state index is 0.0673. The zero-order valence-corrected chi connectivity index (χ0v) is 16.2. The highest BCUT2D eigenvalue weighted by molar-refractivity contribution is 9.10. The van der Waals surface area contributed by atoms with Crippen molar-refractivity contribution in [3.05, 3.63) is 76.3 Å². The molecular weight excluding hydrogens is 408 g/mol. The summed E-state index contributed by atoms with van der Waals surface area (Å²) < 4.78 is 0.972. The van der Waals surface area contributed by atoms with Gasteiger partial charge in [-0.15, -0.1) is 0 Å². The van der Waals surface area contributed by atoms with E-state index >= 15 is 0 Å². The van der Waals surface area contributed by atoms with Gasteiger partial charge in [0.15, 0.2) is 0 Å². The first-order chi connectivity index (χ1) is 13.0. The monoisotopic (exact) mass is 426 g/mol. The summed E-state index contributed by atoms with van der Waals surface area (Å²) in [5.74, 6) is -1.27. The molecule has 3 rings (SSSR count). The van der Waals surface area contributed by atoms with E-state index in [2.05, 4.69) is 21.0 Å². The molecule has 0 bridgehead atoms. The van der Waals surface area contributed by atoms with Gasteiger partial charge < -0.3 is 5.11 Å². The number of rotatable bonds is 6. The van der Waals surface area contributed by atoms with Crippen molar-refractivity contribution in [3.8, 4) is 0 Å². The molecule has 0 spiro atoms. The summed E-state index contributed by atoms with van der Waals surface area (Å²) in [6, 6.07) is 17.4. The maximum Gasteiger partial charge on any atom is 0.303 e. The number of nitrogens with zero attached hydrogens (tertiary/aromatic N) is 2. The van der Waals surface area contributed by atoms with Crippen LogP contribution in [0.1, 0.15) is 30.4 Å². The zero-order valence-electron chi connectivity index (χ0n) is 14.6. The molecule has 1 heterocycles. The average molecular weight is 427 g/mol. The number of carboxylic acid groups (broad SMARTS) is 1. The molecule has 1 atom stereocenters. The molecule has 2 aromatic carbocycles. The molecule has 0 radical (unpaired) electrons. The Balaban J connectivity index is 1.82. The first kappa shape index (κ1) is 19.0. The number of hydrogen-bond donors (Lipinski definition) is 1.